The Labute approximate surface area is 119 Å². The van der Waals surface area contributed by atoms with E-state index in [1.165, 1.54) is 0 Å². The molecule has 0 bridgehead atoms. The zero-order chi connectivity index (χ0) is 15.7. The third-order valence-corrected chi connectivity index (χ3v) is 2.04. The van der Waals surface area contributed by atoms with Gasteiger partial charge in [0.15, 0.2) is 0 Å². The van der Waals surface area contributed by atoms with E-state index in [1.807, 2.05) is 0 Å². The Hall–Kier alpha value is -0.113. The van der Waals surface area contributed by atoms with E-state index in [-0.39, 0.29) is 18.9 Å². The predicted octanol–water partition coefficient (Wildman–Crippen LogP) is -0.428. The SMILES string of the molecule is CC([O-])CCOC(C(F)(F)F)(C(F)(F)F)C(F)(F)F.[Li+]. The van der Waals surface area contributed by atoms with E-state index < -0.39 is 43.3 Å². The minimum absolute atomic E-state index is 0. The van der Waals surface area contributed by atoms with Crippen LogP contribution in [0.3, 0.4) is 0 Å². The molecule has 0 aromatic rings. The van der Waals surface area contributed by atoms with Gasteiger partial charge in [-0.3, -0.25) is 0 Å². The summed E-state index contributed by atoms with van der Waals surface area (Å²) >= 11 is 0. The van der Waals surface area contributed by atoms with Crippen LogP contribution in [0, 0.1) is 0 Å². The van der Waals surface area contributed by atoms with Gasteiger partial charge >= 0.3 is 43.0 Å². The van der Waals surface area contributed by atoms with Gasteiger partial charge in [0.1, 0.15) is 0 Å². The van der Waals surface area contributed by atoms with Crippen molar-refractivity contribution in [3.63, 3.8) is 0 Å². The molecule has 0 fully saturated rings. The van der Waals surface area contributed by atoms with Gasteiger partial charge < -0.3 is 9.84 Å². The normalized spacial score (nSPS) is 15.8. The van der Waals surface area contributed by atoms with Crippen LogP contribution in [0.1, 0.15) is 13.3 Å². The molecule has 1 atom stereocenters. The molecule has 0 rings (SSSR count). The van der Waals surface area contributed by atoms with E-state index in [0.29, 0.717) is 0 Å². The first kappa shape index (κ1) is 22.2. The molecule has 0 aliphatic heterocycles. The van der Waals surface area contributed by atoms with Gasteiger partial charge in [-0.1, -0.05) is 6.92 Å². The fourth-order valence-corrected chi connectivity index (χ4v) is 1.11. The first-order valence-electron chi connectivity index (χ1n) is 4.66. The summed E-state index contributed by atoms with van der Waals surface area (Å²) < 4.78 is 113. The second kappa shape index (κ2) is 6.77. The predicted molar refractivity (Wildman–Crippen MR) is 40.9 cm³/mol. The molecule has 0 radical (unpaired) electrons. The molecule has 0 saturated heterocycles. The number of alkyl halides is 9. The quantitative estimate of drug-likeness (QED) is 0.521. The topological polar surface area (TPSA) is 32.3 Å². The molecule has 0 saturated carbocycles. The summed E-state index contributed by atoms with van der Waals surface area (Å²) in [6, 6.07) is 0. The third kappa shape index (κ3) is 4.44. The summed E-state index contributed by atoms with van der Waals surface area (Å²) in [5.41, 5.74) is -6.29. The van der Waals surface area contributed by atoms with Crippen LogP contribution in [0.2, 0.25) is 0 Å². The first-order valence-corrected chi connectivity index (χ1v) is 4.66. The maximum Gasteiger partial charge on any atom is 1.00 e. The number of rotatable bonds is 4. The molecule has 0 aromatic heterocycles. The van der Waals surface area contributed by atoms with Gasteiger partial charge in [-0.25, -0.2) is 0 Å². The average Bonchev–Trinajstić information content (AvgIpc) is 2.04. The molecule has 116 valence electrons. The Kier molecular flexibility index (Phi) is 7.50. The van der Waals surface area contributed by atoms with Crippen molar-refractivity contribution in [2.24, 2.45) is 0 Å². The Morgan fingerprint density at radius 1 is 0.850 bits per heavy atom. The molecule has 0 N–H and O–H groups in total. The second-order valence-electron chi connectivity index (χ2n) is 3.62. The second-order valence-corrected chi connectivity index (χ2v) is 3.62. The van der Waals surface area contributed by atoms with Crippen molar-refractivity contribution in [2.75, 3.05) is 6.61 Å². The van der Waals surface area contributed by atoms with Gasteiger partial charge in [-0.2, -0.15) is 39.5 Å². The van der Waals surface area contributed by atoms with Crippen molar-refractivity contribution in [3.05, 3.63) is 0 Å². The van der Waals surface area contributed by atoms with Crippen molar-refractivity contribution in [1.82, 2.24) is 0 Å². The number of hydrogen-bond donors (Lipinski definition) is 0. The molecule has 0 aliphatic carbocycles. The zero-order valence-electron chi connectivity index (χ0n) is 10.2. The molecule has 0 amide bonds. The maximum absolute atomic E-state index is 12.2. The van der Waals surface area contributed by atoms with Gasteiger partial charge in [0.2, 0.25) is 0 Å². The Balaban J connectivity index is 0. The molecule has 12 heteroatoms. The van der Waals surface area contributed by atoms with Crippen LogP contribution >= 0.6 is 0 Å². The summed E-state index contributed by atoms with van der Waals surface area (Å²) in [6.45, 7) is -0.761. The van der Waals surface area contributed by atoms with Crippen LogP contribution in [0.25, 0.3) is 0 Å². The van der Waals surface area contributed by atoms with E-state index in [9.17, 15) is 44.6 Å². The molecule has 2 nitrogen and oxygen atoms in total. The number of hydrogen-bond acceptors (Lipinski definition) is 2. The van der Waals surface area contributed by atoms with Crippen LogP contribution in [-0.2, 0) is 4.74 Å². The molecule has 0 aliphatic rings. The Bertz CT molecular complexity index is 258. The van der Waals surface area contributed by atoms with Crippen molar-refractivity contribution < 1.29 is 68.2 Å². The zero-order valence-corrected chi connectivity index (χ0v) is 10.2. The molecule has 0 spiro atoms. The van der Waals surface area contributed by atoms with Crippen molar-refractivity contribution in [2.45, 2.75) is 43.6 Å². The van der Waals surface area contributed by atoms with E-state index in [4.69, 9.17) is 0 Å². The largest absolute Gasteiger partial charge is 1.00 e. The van der Waals surface area contributed by atoms with E-state index in [2.05, 4.69) is 4.74 Å². The van der Waals surface area contributed by atoms with Gasteiger partial charge in [-0.05, 0) is 6.42 Å². The minimum atomic E-state index is -6.75. The van der Waals surface area contributed by atoms with E-state index in [0.717, 1.165) is 6.92 Å². The van der Waals surface area contributed by atoms with E-state index >= 15 is 0 Å². The minimum Gasteiger partial charge on any atom is -0.852 e. The standard InChI is InChI=1S/C8H8F9O2.Li/c1-4(18)2-3-19-5(6(9,10)11,7(12,13)14)8(15,16)17;/h4H,2-3H2,1H3;/q-1;+1. The van der Waals surface area contributed by atoms with Crippen molar-refractivity contribution in [1.29, 1.82) is 0 Å². The summed E-state index contributed by atoms with van der Waals surface area (Å²) in [6.07, 6.45) is -22.8. The Morgan fingerprint density at radius 2 is 1.15 bits per heavy atom. The average molecular weight is 314 g/mol. The number of ether oxygens (including phenoxy) is 1. The van der Waals surface area contributed by atoms with Crippen molar-refractivity contribution in [3.8, 4) is 0 Å². The van der Waals surface area contributed by atoms with Crippen LogP contribution in [0.5, 0.6) is 0 Å². The molecule has 0 heterocycles. The Morgan fingerprint density at radius 3 is 1.35 bits per heavy atom. The van der Waals surface area contributed by atoms with Gasteiger partial charge in [0.25, 0.3) is 0 Å². The van der Waals surface area contributed by atoms with Crippen LogP contribution in [0.15, 0.2) is 0 Å². The van der Waals surface area contributed by atoms with Gasteiger partial charge in [0.05, 0.1) is 0 Å². The summed E-state index contributed by atoms with van der Waals surface area (Å²) in [7, 11) is 0. The molecule has 0 aromatic carbocycles. The first-order chi connectivity index (χ1) is 8.17. The molecular formula is C8H8F9LiO2. The maximum atomic E-state index is 12.2. The summed E-state index contributed by atoms with van der Waals surface area (Å²) in [5.74, 6) is 0. The third-order valence-electron chi connectivity index (χ3n) is 2.04. The van der Waals surface area contributed by atoms with Crippen molar-refractivity contribution >= 4 is 0 Å². The molecule has 1 unspecified atom stereocenters. The van der Waals surface area contributed by atoms with E-state index in [1.54, 1.807) is 0 Å². The number of halogens is 9. The fraction of sp³-hybridized carbons (Fsp3) is 1.00. The fourth-order valence-electron chi connectivity index (χ4n) is 1.11. The van der Waals surface area contributed by atoms with Crippen LogP contribution < -0.4 is 24.0 Å². The summed E-state index contributed by atoms with van der Waals surface area (Å²) in [5, 5.41) is 10.4. The smallest absolute Gasteiger partial charge is 0.852 e. The van der Waals surface area contributed by atoms with Gasteiger partial charge in [-0.15, -0.1) is 6.10 Å². The monoisotopic (exact) mass is 314 g/mol. The molecule has 20 heavy (non-hydrogen) atoms. The molecular weight excluding hydrogens is 306 g/mol. The van der Waals surface area contributed by atoms with Crippen LogP contribution in [0.4, 0.5) is 39.5 Å². The summed E-state index contributed by atoms with van der Waals surface area (Å²) in [4.78, 5) is 0. The van der Waals surface area contributed by atoms with Crippen LogP contribution in [-0.4, -0.2) is 36.8 Å². The van der Waals surface area contributed by atoms with Gasteiger partial charge in [0, 0.05) is 6.61 Å².